The second-order valence-corrected chi connectivity index (χ2v) is 11.2. The fourth-order valence-electron chi connectivity index (χ4n) is 4.47. The highest BCUT2D eigenvalue weighted by molar-refractivity contribution is 9.10. The molecule has 0 unspecified atom stereocenters. The van der Waals surface area contributed by atoms with Crippen LogP contribution >= 0.6 is 15.9 Å². The zero-order valence-corrected chi connectivity index (χ0v) is 25.0. The Kier molecular flexibility index (Phi) is 10.1. The molecule has 5 nitrogen and oxygen atoms in total. The Hall–Kier alpha value is -4.03. The summed E-state index contributed by atoms with van der Waals surface area (Å²) in [4.78, 5) is 27.3. The van der Waals surface area contributed by atoms with Crippen molar-refractivity contribution in [2.45, 2.75) is 43.7 Å². The van der Waals surface area contributed by atoms with Crippen LogP contribution in [-0.2, 0) is 11.8 Å². The fourth-order valence-corrected chi connectivity index (χ4v) is 5.01. The summed E-state index contributed by atoms with van der Waals surface area (Å²) in [6, 6.07) is 5.43. The van der Waals surface area contributed by atoms with Crippen molar-refractivity contribution in [3.8, 4) is 5.75 Å². The number of amides is 2. The van der Waals surface area contributed by atoms with E-state index in [9.17, 15) is 62.3 Å². The lowest BCUT2D eigenvalue weighted by Crippen LogP contribution is -2.50. The molecule has 1 N–H and O–H groups in total. The Morgan fingerprint density at radius 2 is 1.46 bits per heavy atom. The summed E-state index contributed by atoms with van der Waals surface area (Å²) in [7, 11) is 0. The second-order valence-electron chi connectivity index (χ2n) is 10.4. The van der Waals surface area contributed by atoms with Crippen molar-refractivity contribution < 1.29 is 71.4 Å². The van der Waals surface area contributed by atoms with E-state index in [-0.39, 0.29) is 30.2 Å². The fraction of sp³-hybridized carbons (Fsp3) is 0.310. The molecule has 0 atom stereocenters. The van der Waals surface area contributed by atoms with Crippen LogP contribution in [0.4, 0.5) is 68.5 Å². The molecule has 2 amide bonds. The Morgan fingerprint density at radius 3 is 1.96 bits per heavy atom. The topological polar surface area (TPSA) is 58.6 Å². The van der Waals surface area contributed by atoms with Gasteiger partial charge >= 0.3 is 30.8 Å². The summed E-state index contributed by atoms with van der Waals surface area (Å²) in [5.41, 5.74) is -12.2. The van der Waals surface area contributed by atoms with Crippen LogP contribution in [0.1, 0.15) is 44.7 Å². The lowest BCUT2D eigenvalue weighted by Gasteiger charge is -2.31. The molecule has 0 aromatic heterocycles. The molecule has 48 heavy (non-hydrogen) atoms. The SMILES string of the molecule is O=C(Nc1c(Br)cc(C(F)(C(F)(F)F)C(F)(F)F)cc1OC(F)F)c1cccc(N(CC2CC2)C(=O)c2ccc(C(F)(F)F)cc2)c1F. The summed E-state index contributed by atoms with van der Waals surface area (Å²) in [6.07, 6.45) is -16.8. The summed E-state index contributed by atoms with van der Waals surface area (Å²) < 4.78 is 179. The van der Waals surface area contributed by atoms with E-state index in [0.29, 0.717) is 25.0 Å². The zero-order valence-electron chi connectivity index (χ0n) is 23.4. The van der Waals surface area contributed by atoms with Crippen LogP contribution in [0, 0.1) is 11.7 Å². The highest BCUT2D eigenvalue weighted by atomic mass is 79.9. The first-order valence-electron chi connectivity index (χ1n) is 13.3. The minimum Gasteiger partial charge on any atom is -0.433 e. The van der Waals surface area contributed by atoms with Crippen LogP contribution in [0.25, 0.3) is 0 Å². The molecule has 1 fully saturated rings. The molecular weight excluding hydrogens is 751 g/mol. The number of ether oxygens (including phenoxy) is 1. The molecule has 1 aliphatic carbocycles. The molecule has 4 rings (SSSR count). The molecule has 0 bridgehead atoms. The van der Waals surface area contributed by atoms with E-state index in [1.165, 1.54) is 0 Å². The van der Waals surface area contributed by atoms with E-state index >= 15 is 4.39 Å². The maximum atomic E-state index is 15.9. The van der Waals surface area contributed by atoms with Crippen LogP contribution in [0.5, 0.6) is 5.75 Å². The van der Waals surface area contributed by atoms with E-state index < -0.39 is 86.7 Å². The molecule has 0 saturated heterocycles. The van der Waals surface area contributed by atoms with Crippen LogP contribution < -0.4 is 15.0 Å². The number of carbonyl (C=O) groups excluding carboxylic acids is 2. The average Bonchev–Trinajstić information content (AvgIpc) is 3.79. The number of halogens is 14. The van der Waals surface area contributed by atoms with Gasteiger partial charge < -0.3 is 15.0 Å². The maximum absolute atomic E-state index is 15.9. The third kappa shape index (κ3) is 7.49. The molecule has 1 saturated carbocycles. The Balaban J connectivity index is 1.73. The molecule has 0 heterocycles. The van der Waals surface area contributed by atoms with E-state index in [0.717, 1.165) is 35.2 Å². The van der Waals surface area contributed by atoms with Crippen molar-refractivity contribution >= 4 is 39.1 Å². The van der Waals surface area contributed by atoms with Crippen molar-refractivity contribution in [1.29, 1.82) is 0 Å². The van der Waals surface area contributed by atoms with Gasteiger partial charge in [0.1, 0.15) is 0 Å². The van der Waals surface area contributed by atoms with Gasteiger partial charge in [0, 0.05) is 22.1 Å². The lowest BCUT2D eigenvalue weighted by atomic mass is 9.93. The van der Waals surface area contributed by atoms with Gasteiger partial charge in [0.15, 0.2) is 11.6 Å². The number of anilines is 2. The number of nitrogens with zero attached hydrogens (tertiary/aromatic N) is 1. The van der Waals surface area contributed by atoms with Crippen LogP contribution in [0.3, 0.4) is 0 Å². The summed E-state index contributed by atoms with van der Waals surface area (Å²) in [5.74, 6) is -5.62. The molecule has 3 aromatic rings. The number of carbonyl (C=O) groups is 2. The highest BCUT2D eigenvalue weighted by Crippen LogP contribution is 2.55. The number of hydrogen-bond acceptors (Lipinski definition) is 3. The first-order chi connectivity index (χ1) is 22.1. The third-order valence-corrected chi connectivity index (χ3v) is 7.67. The van der Waals surface area contributed by atoms with Crippen LogP contribution in [-0.4, -0.2) is 37.3 Å². The van der Waals surface area contributed by atoms with Crippen molar-refractivity contribution in [2.75, 3.05) is 16.8 Å². The first-order valence-corrected chi connectivity index (χ1v) is 14.1. The predicted octanol–water partition coefficient (Wildman–Crippen LogP) is 9.81. The molecule has 1 aliphatic rings. The standard InChI is InChI=1S/C29H18BrF13N2O3/c30-18-10-16(26(34,28(38,39)40)29(41,42)43)11-20(48-25(32)33)22(18)44-23(46)17-2-1-3-19(21(17)31)45(12-13-4-5-13)24(47)14-6-8-15(9-7-14)27(35,36)37/h1-3,6-11,13,25H,4-5,12H2,(H,44,46). The van der Waals surface area contributed by atoms with Gasteiger partial charge in [-0.3, -0.25) is 9.59 Å². The van der Waals surface area contributed by atoms with Crippen molar-refractivity contribution in [2.24, 2.45) is 5.92 Å². The normalized spacial score (nSPS) is 14.2. The highest BCUT2D eigenvalue weighted by Gasteiger charge is 2.73. The molecule has 0 aliphatic heterocycles. The second kappa shape index (κ2) is 13.1. The molecule has 3 aromatic carbocycles. The molecule has 19 heteroatoms. The molecule has 0 radical (unpaired) electrons. The van der Waals surface area contributed by atoms with Gasteiger partial charge in [0.05, 0.1) is 22.5 Å². The molecule has 0 spiro atoms. The van der Waals surface area contributed by atoms with Gasteiger partial charge in [-0.2, -0.15) is 48.3 Å². The van der Waals surface area contributed by atoms with Crippen LogP contribution in [0.2, 0.25) is 0 Å². The number of alkyl halides is 12. The van der Waals surface area contributed by atoms with E-state index in [4.69, 9.17) is 0 Å². The number of rotatable bonds is 9. The van der Waals surface area contributed by atoms with Gasteiger partial charge in [-0.05, 0) is 83.2 Å². The Morgan fingerprint density at radius 1 is 0.875 bits per heavy atom. The van der Waals surface area contributed by atoms with Gasteiger partial charge in [-0.1, -0.05) is 6.07 Å². The first kappa shape index (κ1) is 36.8. The summed E-state index contributed by atoms with van der Waals surface area (Å²) in [5, 5.41) is 1.82. The van der Waals surface area contributed by atoms with Gasteiger partial charge in [-0.25, -0.2) is 8.78 Å². The molecular formula is C29H18BrF13N2O3. The predicted molar refractivity (Wildman–Crippen MR) is 146 cm³/mol. The maximum Gasteiger partial charge on any atom is 0.435 e. The summed E-state index contributed by atoms with van der Waals surface area (Å²) in [6.45, 7) is -4.05. The smallest absolute Gasteiger partial charge is 0.433 e. The van der Waals surface area contributed by atoms with E-state index in [1.807, 2.05) is 5.32 Å². The largest absolute Gasteiger partial charge is 0.435 e. The zero-order chi connectivity index (χ0) is 36.0. The number of nitrogens with one attached hydrogen (secondary N) is 1. The number of benzene rings is 3. The Labute approximate surface area is 269 Å². The van der Waals surface area contributed by atoms with Crippen molar-refractivity contribution in [3.05, 3.63) is 87.1 Å². The summed E-state index contributed by atoms with van der Waals surface area (Å²) >= 11 is 2.51. The lowest BCUT2D eigenvalue weighted by molar-refractivity contribution is -0.348. The van der Waals surface area contributed by atoms with Gasteiger partial charge in [0.2, 0.25) is 0 Å². The third-order valence-electron chi connectivity index (χ3n) is 7.04. The Bertz CT molecular complexity index is 1670. The van der Waals surface area contributed by atoms with Gasteiger partial charge in [0.25, 0.3) is 11.8 Å². The quantitative estimate of drug-likeness (QED) is 0.221. The van der Waals surface area contributed by atoms with Crippen molar-refractivity contribution in [1.82, 2.24) is 0 Å². The van der Waals surface area contributed by atoms with Gasteiger partial charge in [-0.15, -0.1) is 0 Å². The minimum atomic E-state index is -6.63. The minimum absolute atomic E-state index is 0.0954. The van der Waals surface area contributed by atoms with E-state index in [1.54, 1.807) is 0 Å². The molecule has 260 valence electrons. The van der Waals surface area contributed by atoms with E-state index in [2.05, 4.69) is 20.7 Å². The monoisotopic (exact) mass is 768 g/mol. The average molecular weight is 769 g/mol. The van der Waals surface area contributed by atoms with Crippen molar-refractivity contribution in [3.63, 3.8) is 0 Å². The van der Waals surface area contributed by atoms with Crippen LogP contribution in [0.15, 0.2) is 59.1 Å². The number of hydrogen-bond donors (Lipinski definition) is 1.